The van der Waals surface area contributed by atoms with Crippen molar-refractivity contribution in [1.29, 1.82) is 5.26 Å². The van der Waals surface area contributed by atoms with Crippen LogP contribution in [0.5, 0.6) is 0 Å². The van der Waals surface area contributed by atoms with Gasteiger partial charge in [-0.3, -0.25) is 0 Å². The van der Waals surface area contributed by atoms with E-state index in [0.29, 0.717) is 16.4 Å². The average Bonchev–Trinajstić information content (AvgIpc) is 2.23. The molecule has 1 aliphatic rings. The highest BCUT2D eigenvalue weighted by Gasteiger charge is 2.21. The van der Waals surface area contributed by atoms with Crippen molar-refractivity contribution >= 4 is 17.4 Å². The largest absolute Gasteiger partial charge is 0.358 e. The Morgan fingerprint density at radius 2 is 2.38 bits per heavy atom. The van der Waals surface area contributed by atoms with Gasteiger partial charge in [-0.05, 0) is 24.8 Å². The first-order valence-corrected chi connectivity index (χ1v) is 5.86. The van der Waals surface area contributed by atoms with E-state index in [2.05, 4.69) is 11.1 Å². The summed E-state index contributed by atoms with van der Waals surface area (Å²) < 4.78 is 0. The average molecular weight is 236 g/mol. The monoisotopic (exact) mass is 235 g/mol. The summed E-state index contributed by atoms with van der Waals surface area (Å²) in [5, 5.41) is 9.35. The number of pyridine rings is 1. The van der Waals surface area contributed by atoms with E-state index in [1.807, 2.05) is 11.9 Å². The predicted octanol–water partition coefficient (Wildman–Crippen LogP) is 2.84. The van der Waals surface area contributed by atoms with Crippen LogP contribution in [-0.2, 0) is 0 Å². The molecule has 1 aromatic rings. The predicted molar refractivity (Wildman–Crippen MR) is 64.6 cm³/mol. The lowest BCUT2D eigenvalue weighted by atomic mass is 9.85. The molecule has 1 fully saturated rings. The topological polar surface area (TPSA) is 39.9 Å². The number of halogens is 1. The summed E-state index contributed by atoms with van der Waals surface area (Å²) in [6.45, 7) is 0.974. The normalized spacial score (nSPS) is 15.3. The molecule has 0 aliphatic heterocycles. The Kier molecular flexibility index (Phi) is 3.31. The molecule has 16 heavy (non-hydrogen) atoms. The van der Waals surface area contributed by atoms with E-state index < -0.39 is 0 Å². The first kappa shape index (κ1) is 11.2. The van der Waals surface area contributed by atoms with Gasteiger partial charge in [0.2, 0.25) is 0 Å². The summed E-state index contributed by atoms with van der Waals surface area (Å²) in [6, 6.07) is 3.72. The highest BCUT2D eigenvalue weighted by molar-refractivity contribution is 6.34. The molecule has 0 amide bonds. The molecule has 3 nitrogen and oxygen atoms in total. The fourth-order valence-electron chi connectivity index (χ4n) is 1.93. The third-order valence-electron chi connectivity index (χ3n) is 3.11. The van der Waals surface area contributed by atoms with Crippen LogP contribution in [0.2, 0.25) is 5.02 Å². The van der Waals surface area contributed by atoms with Crippen LogP contribution in [0.4, 0.5) is 5.82 Å². The Hall–Kier alpha value is -1.27. The van der Waals surface area contributed by atoms with E-state index in [0.717, 1.165) is 12.5 Å². The van der Waals surface area contributed by atoms with Crippen LogP contribution in [-0.4, -0.2) is 18.6 Å². The maximum atomic E-state index is 8.88. The van der Waals surface area contributed by atoms with E-state index in [-0.39, 0.29) is 0 Å². The second kappa shape index (κ2) is 4.71. The molecule has 0 radical (unpaired) electrons. The van der Waals surface area contributed by atoms with E-state index in [1.54, 1.807) is 12.3 Å². The maximum absolute atomic E-state index is 8.88. The van der Waals surface area contributed by atoms with Crippen molar-refractivity contribution in [3.8, 4) is 6.07 Å². The van der Waals surface area contributed by atoms with Gasteiger partial charge in [-0.25, -0.2) is 4.98 Å². The first-order chi connectivity index (χ1) is 7.72. The lowest BCUT2D eigenvalue weighted by molar-refractivity contribution is 0.321. The van der Waals surface area contributed by atoms with Gasteiger partial charge in [0.1, 0.15) is 16.9 Å². The Balaban J connectivity index is 2.15. The smallest absolute Gasteiger partial charge is 0.148 e. The Morgan fingerprint density at radius 3 is 2.94 bits per heavy atom. The zero-order valence-corrected chi connectivity index (χ0v) is 10.0. The van der Waals surface area contributed by atoms with E-state index in [9.17, 15) is 0 Å². The van der Waals surface area contributed by atoms with Gasteiger partial charge in [-0.2, -0.15) is 5.26 Å². The Bertz CT molecular complexity index is 421. The third kappa shape index (κ3) is 2.12. The number of rotatable bonds is 3. The standard InChI is InChI=1S/C12H14ClN3/c1-16(8-9-3-2-4-9)12-11(13)10(7-14)5-6-15-12/h5-6,9H,2-4,8H2,1H3. The summed E-state index contributed by atoms with van der Waals surface area (Å²) >= 11 is 6.12. The van der Waals surface area contributed by atoms with Gasteiger partial charge < -0.3 is 4.90 Å². The summed E-state index contributed by atoms with van der Waals surface area (Å²) in [6.07, 6.45) is 5.55. The molecule has 0 bridgehead atoms. The second-order valence-corrected chi connectivity index (χ2v) is 4.66. The van der Waals surface area contributed by atoms with Crippen LogP contribution >= 0.6 is 11.6 Å². The number of nitrogens with zero attached hydrogens (tertiary/aromatic N) is 3. The minimum Gasteiger partial charge on any atom is -0.358 e. The molecule has 1 saturated carbocycles. The quantitative estimate of drug-likeness (QED) is 0.809. The molecule has 0 aromatic carbocycles. The summed E-state index contributed by atoms with van der Waals surface area (Å²) in [4.78, 5) is 6.29. The van der Waals surface area contributed by atoms with Crippen molar-refractivity contribution in [3.63, 3.8) is 0 Å². The van der Waals surface area contributed by atoms with Gasteiger partial charge in [0.15, 0.2) is 0 Å². The van der Waals surface area contributed by atoms with Gasteiger partial charge in [0, 0.05) is 19.8 Å². The fourth-order valence-corrected chi connectivity index (χ4v) is 2.23. The number of nitriles is 1. The molecule has 0 spiro atoms. The molecule has 1 heterocycles. The van der Waals surface area contributed by atoms with Crippen molar-refractivity contribution in [2.75, 3.05) is 18.5 Å². The molecular weight excluding hydrogens is 222 g/mol. The van der Waals surface area contributed by atoms with Crippen molar-refractivity contribution in [2.24, 2.45) is 5.92 Å². The molecule has 0 atom stereocenters. The highest BCUT2D eigenvalue weighted by atomic mass is 35.5. The fraction of sp³-hybridized carbons (Fsp3) is 0.500. The van der Waals surface area contributed by atoms with Crippen LogP contribution in [0.15, 0.2) is 12.3 Å². The molecule has 2 rings (SSSR count). The molecule has 1 aliphatic carbocycles. The number of hydrogen-bond acceptors (Lipinski definition) is 3. The summed E-state index contributed by atoms with van der Waals surface area (Å²) in [7, 11) is 1.98. The third-order valence-corrected chi connectivity index (χ3v) is 3.48. The van der Waals surface area contributed by atoms with Gasteiger partial charge in [-0.1, -0.05) is 18.0 Å². The molecule has 1 aromatic heterocycles. The minimum atomic E-state index is 0.465. The van der Waals surface area contributed by atoms with Crippen LogP contribution in [0.1, 0.15) is 24.8 Å². The molecule has 0 N–H and O–H groups in total. The minimum absolute atomic E-state index is 0.465. The molecule has 4 heteroatoms. The number of anilines is 1. The van der Waals surface area contributed by atoms with E-state index in [4.69, 9.17) is 16.9 Å². The summed E-state index contributed by atoms with van der Waals surface area (Å²) in [5.74, 6) is 1.47. The van der Waals surface area contributed by atoms with Gasteiger partial charge in [0.05, 0.1) is 5.56 Å². The van der Waals surface area contributed by atoms with Crippen LogP contribution < -0.4 is 4.90 Å². The molecule has 0 unspecified atom stereocenters. The Morgan fingerprint density at radius 1 is 1.62 bits per heavy atom. The van der Waals surface area contributed by atoms with Gasteiger partial charge in [-0.15, -0.1) is 0 Å². The number of aromatic nitrogens is 1. The van der Waals surface area contributed by atoms with Crippen molar-refractivity contribution < 1.29 is 0 Å². The van der Waals surface area contributed by atoms with Gasteiger partial charge >= 0.3 is 0 Å². The Labute approximate surface area is 101 Å². The number of hydrogen-bond donors (Lipinski definition) is 0. The van der Waals surface area contributed by atoms with Crippen molar-refractivity contribution in [3.05, 3.63) is 22.8 Å². The van der Waals surface area contributed by atoms with Crippen LogP contribution in [0.3, 0.4) is 0 Å². The van der Waals surface area contributed by atoms with Crippen LogP contribution in [0.25, 0.3) is 0 Å². The highest BCUT2D eigenvalue weighted by Crippen LogP contribution is 2.31. The second-order valence-electron chi connectivity index (χ2n) is 4.29. The first-order valence-electron chi connectivity index (χ1n) is 5.48. The SMILES string of the molecule is CN(CC1CCC1)c1nccc(C#N)c1Cl. The zero-order valence-electron chi connectivity index (χ0n) is 9.28. The van der Waals surface area contributed by atoms with Crippen LogP contribution in [0, 0.1) is 17.2 Å². The lowest BCUT2D eigenvalue weighted by Gasteiger charge is -2.31. The zero-order chi connectivity index (χ0) is 11.5. The molecular formula is C12H14ClN3. The van der Waals surface area contributed by atoms with Gasteiger partial charge in [0.25, 0.3) is 0 Å². The summed E-state index contributed by atoms with van der Waals surface area (Å²) in [5.41, 5.74) is 0.493. The molecule has 0 saturated heterocycles. The maximum Gasteiger partial charge on any atom is 0.148 e. The van der Waals surface area contributed by atoms with Crippen molar-refractivity contribution in [1.82, 2.24) is 4.98 Å². The van der Waals surface area contributed by atoms with E-state index in [1.165, 1.54) is 19.3 Å². The van der Waals surface area contributed by atoms with Crippen molar-refractivity contribution in [2.45, 2.75) is 19.3 Å². The van der Waals surface area contributed by atoms with E-state index >= 15 is 0 Å². The molecule has 84 valence electrons. The lowest BCUT2D eigenvalue weighted by Crippen LogP contribution is -2.30.